The molecule has 4 aliphatic rings. The molecule has 2 aromatic carbocycles. The largest absolute Gasteiger partial charge is 0.498 e. The van der Waals surface area contributed by atoms with E-state index >= 15 is 0 Å². The van der Waals surface area contributed by atoms with Crippen LogP contribution in [0.2, 0.25) is 0 Å². The molecule has 4 aliphatic heterocycles. The second kappa shape index (κ2) is 12.1. The molecule has 13 heteroatoms. The second-order valence-electron chi connectivity index (χ2n) is 9.99. The number of nitrogens with two attached hydrogens (primary N) is 1. The molecule has 0 spiro atoms. The van der Waals surface area contributed by atoms with Crippen molar-refractivity contribution in [3.63, 3.8) is 0 Å². The molecule has 2 atom stereocenters. The highest BCUT2D eigenvalue weighted by Gasteiger charge is 2.42. The lowest BCUT2D eigenvalue weighted by Crippen LogP contribution is -2.35. The van der Waals surface area contributed by atoms with E-state index in [0.717, 1.165) is 33.6 Å². The molecule has 6 rings (SSSR count). The lowest BCUT2D eigenvalue weighted by molar-refractivity contribution is 0.0494. The quantitative estimate of drug-likeness (QED) is 0.554. The molecule has 10 nitrogen and oxygen atoms in total. The molecule has 3 N–H and O–H groups in total. The Balaban J connectivity index is 0.000000184. The van der Waals surface area contributed by atoms with Crippen LogP contribution in [0.5, 0.6) is 11.5 Å². The minimum absolute atomic E-state index is 0. The van der Waals surface area contributed by atoms with E-state index in [2.05, 4.69) is 5.32 Å². The van der Waals surface area contributed by atoms with Gasteiger partial charge >= 0.3 is 20.3 Å². The van der Waals surface area contributed by atoms with Crippen molar-refractivity contribution >= 4 is 43.7 Å². The molecular weight excluding hydrogens is 513 g/mol. The lowest BCUT2D eigenvalue weighted by atomic mass is 9.78. The molecule has 0 radical (unpaired) electrons. The summed E-state index contributed by atoms with van der Waals surface area (Å²) >= 11 is 0. The van der Waals surface area contributed by atoms with Gasteiger partial charge in [-0.1, -0.05) is 24.3 Å². The van der Waals surface area contributed by atoms with Crippen LogP contribution in [0, 0.1) is 0 Å². The van der Waals surface area contributed by atoms with Crippen molar-refractivity contribution in [2.45, 2.75) is 38.6 Å². The number of halogens is 1. The van der Waals surface area contributed by atoms with Gasteiger partial charge in [0.05, 0.1) is 25.4 Å². The summed E-state index contributed by atoms with van der Waals surface area (Å²) in [5.41, 5.74) is 9.16. The predicted molar refractivity (Wildman–Crippen MR) is 145 cm³/mol. The first-order valence-corrected chi connectivity index (χ1v) is 12.6. The van der Waals surface area contributed by atoms with Crippen LogP contribution in [-0.4, -0.2) is 65.4 Å². The summed E-state index contributed by atoms with van der Waals surface area (Å²) in [6, 6.07) is 11.7. The average Bonchev–Trinajstić information content (AvgIpc) is 3.23. The van der Waals surface area contributed by atoms with E-state index in [4.69, 9.17) is 38.6 Å². The fourth-order valence-corrected chi connectivity index (χ4v) is 4.71. The molecule has 0 saturated carbocycles. The van der Waals surface area contributed by atoms with Crippen molar-refractivity contribution in [2.75, 3.05) is 39.5 Å². The minimum Gasteiger partial charge on any atom is -0.492 e. The Kier molecular flexibility index (Phi) is 9.12. The number of hydrogen-bond acceptors (Lipinski definition) is 9. The van der Waals surface area contributed by atoms with Crippen molar-refractivity contribution in [1.82, 2.24) is 5.32 Å². The van der Waals surface area contributed by atoms with Crippen LogP contribution in [0.4, 0.5) is 4.79 Å². The maximum atomic E-state index is 11.8. The number of carbonyl (C=O) groups is 1. The molecule has 0 saturated heterocycles. The minimum atomic E-state index is -0.522. The van der Waals surface area contributed by atoms with Gasteiger partial charge in [-0.05, 0) is 44.0 Å². The van der Waals surface area contributed by atoms with Crippen molar-refractivity contribution in [3.8, 4) is 11.5 Å². The van der Waals surface area contributed by atoms with Gasteiger partial charge in [-0.15, -0.1) is 12.4 Å². The van der Waals surface area contributed by atoms with Gasteiger partial charge in [0.25, 0.3) is 0 Å². The Morgan fingerprint density at radius 3 is 1.97 bits per heavy atom. The zero-order valence-electron chi connectivity index (χ0n) is 21.8. The van der Waals surface area contributed by atoms with Crippen LogP contribution in [0.15, 0.2) is 36.4 Å². The van der Waals surface area contributed by atoms with Gasteiger partial charge < -0.3 is 43.9 Å². The van der Waals surface area contributed by atoms with Crippen LogP contribution < -0.4 is 31.4 Å². The monoisotopic (exact) mass is 546 g/mol. The molecule has 0 fully saturated rings. The zero-order valence-corrected chi connectivity index (χ0v) is 22.6. The number of rotatable bonds is 3. The summed E-state index contributed by atoms with van der Waals surface area (Å²) in [6.45, 7) is 8.39. The smallest absolute Gasteiger partial charge is 0.492 e. The Morgan fingerprint density at radius 1 is 0.921 bits per heavy atom. The van der Waals surface area contributed by atoms with E-state index < -0.39 is 18.8 Å². The van der Waals surface area contributed by atoms with E-state index in [-0.39, 0.29) is 31.7 Å². The molecule has 0 bridgehead atoms. The van der Waals surface area contributed by atoms with Crippen molar-refractivity contribution in [3.05, 3.63) is 47.5 Å². The maximum Gasteiger partial charge on any atom is 0.498 e. The summed E-state index contributed by atoms with van der Waals surface area (Å²) in [5, 5.41) is 2.74. The number of amides is 1. The van der Waals surface area contributed by atoms with Crippen LogP contribution in [-0.2, 0) is 23.4 Å². The zero-order chi connectivity index (χ0) is 26.0. The maximum absolute atomic E-state index is 11.8. The summed E-state index contributed by atoms with van der Waals surface area (Å²) in [6.07, 6.45) is -0.790. The van der Waals surface area contributed by atoms with Crippen LogP contribution in [0.3, 0.4) is 0 Å². The summed E-state index contributed by atoms with van der Waals surface area (Å²) < 4.78 is 39.3. The number of benzene rings is 2. The lowest BCUT2D eigenvalue weighted by Gasteiger charge is -2.21. The normalized spacial score (nSPS) is 20.7. The SMILES string of the molecule is CC(C)(C)OC(=O)NC[C@H]1OB2OCCOc3cccc1c32.Cl.NC[C@H]1OB2OCCOc3cccc1c32. The molecule has 0 aromatic heterocycles. The molecular formula is C25H33B2ClN2O8. The number of alkyl carbamates (subject to hydrolysis) is 1. The van der Waals surface area contributed by atoms with Gasteiger partial charge in [0, 0.05) is 24.0 Å². The molecule has 0 unspecified atom stereocenters. The van der Waals surface area contributed by atoms with Gasteiger partial charge in [-0.25, -0.2) is 4.79 Å². The van der Waals surface area contributed by atoms with Crippen molar-refractivity contribution in [2.24, 2.45) is 5.73 Å². The molecule has 4 heterocycles. The first-order valence-electron chi connectivity index (χ1n) is 12.6. The van der Waals surface area contributed by atoms with Gasteiger partial charge in [0.15, 0.2) is 0 Å². The van der Waals surface area contributed by atoms with Crippen LogP contribution in [0.1, 0.15) is 44.1 Å². The predicted octanol–water partition coefficient (Wildman–Crippen LogP) is 1.63. The van der Waals surface area contributed by atoms with Crippen LogP contribution in [0.25, 0.3) is 0 Å². The van der Waals surface area contributed by atoms with E-state index in [1.807, 2.05) is 57.2 Å². The van der Waals surface area contributed by atoms with Gasteiger partial charge in [-0.2, -0.15) is 0 Å². The third-order valence-electron chi connectivity index (χ3n) is 6.21. The van der Waals surface area contributed by atoms with Gasteiger partial charge in [0.1, 0.15) is 30.3 Å². The molecule has 2 aromatic rings. The number of nitrogens with one attached hydrogen (secondary N) is 1. The topological polar surface area (TPSA) is 120 Å². The fourth-order valence-electron chi connectivity index (χ4n) is 4.71. The first kappa shape index (κ1) is 28.5. The van der Waals surface area contributed by atoms with E-state index in [0.29, 0.717) is 39.5 Å². The molecule has 0 aliphatic carbocycles. The summed E-state index contributed by atoms with van der Waals surface area (Å²) in [5.74, 6) is 1.66. The highest BCUT2D eigenvalue weighted by atomic mass is 35.5. The number of ether oxygens (including phenoxy) is 3. The Bertz CT molecular complexity index is 1140. The Labute approximate surface area is 229 Å². The fraction of sp³-hybridized carbons (Fsp3) is 0.480. The van der Waals surface area contributed by atoms with Crippen LogP contribution >= 0.6 is 12.4 Å². The van der Waals surface area contributed by atoms with Gasteiger partial charge in [-0.3, -0.25) is 0 Å². The Morgan fingerprint density at radius 2 is 1.45 bits per heavy atom. The van der Waals surface area contributed by atoms with E-state index in [1.54, 1.807) is 0 Å². The van der Waals surface area contributed by atoms with Crippen molar-refractivity contribution < 1.29 is 37.6 Å². The van der Waals surface area contributed by atoms with Gasteiger partial charge in [0.2, 0.25) is 0 Å². The molecule has 1 amide bonds. The highest BCUT2D eigenvalue weighted by molar-refractivity contribution is 6.64. The summed E-state index contributed by atoms with van der Waals surface area (Å²) in [4.78, 5) is 11.8. The average molecular weight is 547 g/mol. The summed E-state index contributed by atoms with van der Waals surface area (Å²) in [7, 11) is -0.730. The highest BCUT2D eigenvalue weighted by Crippen LogP contribution is 2.30. The third kappa shape index (κ3) is 6.22. The number of hydrogen-bond donors (Lipinski definition) is 2. The van der Waals surface area contributed by atoms with Crippen molar-refractivity contribution in [1.29, 1.82) is 0 Å². The van der Waals surface area contributed by atoms with E-state index in [1.165, 1.54) is 0 Å². The Hall–Kier alpha value is -2.47. The standard InChI is InChI=1S/C15H20BNO5.C10H12BNO3.ClH/c1-15(2,3)21-14(18)17-9-12-10-5-4-6-11-13(10)16(22-12)20-8-7-19-11;12-6-9-7-2-1-3-8-10(7)11(15-9)14-5-4-13-8;/h4-6,12H,7-9H2,1-3H3,(H,17,18);1-3,9H,4-6,12H2;1H/t12-;9-;/m11./s1. The molecule has 204 valence electrons. The number of carbonyl (C=O) groups excluding carboxylic acids is 1. The molecule has 38 heavy (non-hydrogen) atoms. The second-order valence-corrected chi connectivity index (χ2v) is 9.99. The third-order valence-corrected chi connectivity index (χ3v) is 6.21. The van der Waals surface area contributed by atoms with E-state index in [9.17, 15) is 4.79 Å². The first-order chi connectivity index (χ1) is 17.8.